The summed E-state index contributed by atoms with van der Waals surface area (Å²) in [5, 5.41) is 0. The van der Waals surface area contributed by atoms with Crippen LogP contribution in [0.2, 0.25) is 0 Å². The van der Waals surface area contributed by atoms with E-state index in [-0.39, 0.29) is 12.1 Å². The predicted molar refractivity (Wildman–Crippen MR) is 77.8 cm³/mol. The molecular weight excluding hydrogens is 306 g/mol. The summed E-state index contributed by atoms with van der Waals surface area (Å²) in [7, 11) is 0. The normalized spacial score (nSPS) is 22.5. The fourth-order valence-corrected chi connectivity index (χ4v) is 3.40. The molecule has 0 spiro atoms. The van der Waals surface area contributed by atoms with Crippen molar-refractivity contribution in [3.05, 3.63) is 33.8 Å². The number of hydrogen-bond acceptors (Lipinski definition) is 2. The number of halogens is 1. The molecule has 4 nitrogen and oxygen atoms in total. The van der Waals surface area contributed by atoms with E-state index in [4.69, 9.17) is 5.73 Å². The number of nitrogens with zero attached hydrogens (tertiary/aromatic N) is 2. The lowest BCUT2D eigenvalue weighted by molar-refractivity contribution is 0.156. The molecule has 2 aliphatic rings. The molecule has 2 N–H and O–H groups in total. The van der Waals surface area contributed by atoms with Gasteiger partial charge >= 0.3 is 6.03 Å². The van der Waals surface area contributed by atoms with Crippen LogP contribution in [-0.2, 0) is 13.0 Å². The first-order chi connectivity index (χ1) is 9.15. The van der Waals surface area contributed by atoms with Gasteiger partial charge in [-0.25, -0.2) is 4.79 Å². The molecule has 2 aliphatic heterocycles. The number of hydrogen-bond donors (Lipinski definition) is 1. The van der Waals surface area contributed by atoms with Gasteiger partial charge in [0.2, 0.25) is 0 Å². The second kappa shape index (κ2) is 5.13. The quantitative estimate of drug-likeness (QED) is 0.793. The van der Waals surface area contributed by atoms with Gasteiger partial charge in [0.1, 0.15) is 0 Å². The van der Waals surface area contributed by atoms with E-state index in [0.29, 0.717) is 13.1 Å². The lowest BCUT2D eigenvalue weighted by Crippen LogP contribution is -2.45. The van der Waals surface area contributed by atoms with E-state index in [1.54, 1.807) is 0 Å². The zero-order chi connectivity index (χ0) is 13.4. The van der Waals surface area contributed by atoms with Gasteiger partial charge in [-0.05, 0) is 30.0 Å². The smallest absolute Gasteiger partial charge is 0.320 e. The Morgan fingerprint density at radius 3 is 2.89 bits per heavy atom. The average molecular weight is 324 g/mol. The van der Waals surface area contributed by atoms with Gasteiger partial charge in [-0.3, -0.25) is 0 Å². The monoisotopic (exact) mass is 323 g/mol. The highest BCUT2D eigenvalue weighted by molar-refractivity contribution is 9.10. The van der Waals surface area contributed by atoms with Crippen molar-refractivity contribution in [2.45, 2.75) is 25.4 Å². The van der Waals surface area contributed by atoms with Crippen LogP contribution in [0.25, 0.3) is 0 Å². The van der Waals surface area contributed by atoms with E-state index in [2.05, 4.69) is 28.1 Å². The molecule has 0 saturated carbocycles. The summed E-state index contributed by atoms with van der Waals surface area (Å²) in [6, 6.07) is 6.52. The molecule has 2 amide bonds. The number of fused-ring (bicyclic) bond motifs is 1. The Morgan fingerprint density at radius 1 is 1.32 bits per heavy atom. The van der Waals surface area contributed by atoms with Crippen LogP contribution < -0.4 is 5.73 Å². The third-order valence-electron chi connectivity index (χ3n) is 3.98. The number of carbonyl (C=O) groups excluding carboxylic acids is 1. The SMILES string of the molecule is N[C@@H]1CCN(C(=O)N2CCc3cccc(Br)c3C2)C1. The number of likely N-dealkylation sites (tertiary alicyclic amines) is 1. The Morgan fingerprint density at radius 2 is 2.16 bits per heavy atom. The van der Waals surface area contributed by atoms with Crippen LogP contribution in [-0.4, -0.2) is 41.5 Å². The minimum absolute atomic E-state index is 0.134. The molecule has 0 radical (unpaired) electrons. The van der Waals surface area contributed by atoms with E-state index in [1.807, 2.05) is 15.9 Å². The molecule has 0 unspecified atom stereocenters. The molecule has 3 rings (SSSR count). The molecule has 0 aromatic heterocycles. The summed E-state index contributed by atoms with van der Waals surface area (Å²) >= 11 is 3.58. The van der Waals surface area contributed by atoms with E-state index in [1.165, 1.54) is 11.1 Å². The number of rotatable bonds is 0. The first kappa shape index (κ1) is 12.9. The van der Waals surface area contributed by atoms with Crippen molar-refractivity contribution in [2.75, 3.05) is 19.6 Å². The zero-order valence-electron chi connectivity index (χ0n) is 10.8. The Bertz CT molecular complexity index is 505. The molecule has 102 valence electrons. The highest BCUT2D eigenvalue weighted by atomic mass is 79.9. The number of carbonyl (C=O) groups is 1. The van der Waals surface area contributed by atoms with Crippen molar-refractivity contribution in [2.24, 2.45) is 5.73 Å². The van der Waals surface area contributed by atoms with Gasteiger partial charge in [0.05, 0.1) is 0 Å². The molecule has 19 heavy (non-hydrogen) atoms. The lowest BCUT2D eigenvalue weighted by atomic mass is 10.0. The van der Waals surface area contributed by atoms with Crippen molar-refractivity contribution < 1.29 is 4.79 Å². The molecule has 1 aromatic rings. The van der Waals surface area contributed by atoms with E-state index < -0.39 is 0 Å². The van der Waals surface area contributed by atoms with Gasteiger partial charge in [-0.15, -0.1) is 0 Å². The Hall–Kier alpha value is -1.07. The Labute approximate surface area is 121 Å². The van der Waals surface area contributed by atoms with Crippen molar-refractivity contribution >= 4 is 22.0 Å². The van der Waals surface area contributed by atoms with Gasteiger partial charge < -0.3 is 15.5 Å². The van der Waals surface area contributed by atoms with Crippen molar-refractivity contribution in [1.82, 2.24) is 9.80 Å². The summed E-state index contributed by atoms with van der Waals surface area (Å²) in [6.07, 6.45) is 1.85. The molecule has 2 heterocycles. The standard InChI is InChI=1S/C14H18BrN3O/c15-13-3-1-2-10-4-6-18(9-12(10)13)14(19)17-7-5-11(16)8-17/h1-3,11H,4-9,16H2/t11-/m1/s1. The molecule has 1 saturated heterocycles. The molecule has 1 aromatic carbocycles. The highest BCUT2D eigenvalue weighted by Crippen LogP contribution is 2.27. The zero-order valence-corrected chi connectivity index (χ0v) is 12.4. The fraction of sp³-hybridized carbons (Fsp3) is 0.500. The van der Waals surface area contributed by atoms with Gasteiger partial charge in [-0.2, -0.15) is 0 Å². The topological polar surface area (TPSA) is 49.6 Å². The van der Waals surface area contributed by atoms with Gasteiger partial charge in [0.15, 0.2) is 0 Å². The Kier molecular flexibility index (Phi) is 3.50. The molecule has 1 fully saturated rings. The molecule has 5 heteroatoms. The number of nitrogens with two attached hydrogens (primary N) is 1. The molecule has 0 bridgehead atoms. The average Bonchev–Trinajstić information content (AvgIpc) is 2.85. The van der Waals surface area contributed by atoms with Crippen LogP contribution in [0.3, 0.4) is 0 Å². The highest BCUT2D eigenvalue weighted by Gasteiger charge is 2.29. The summed E-state index contributed by atoms with van der Waals surface area (Å²) in [5.41, 5.74) is 8.46. The van der Waals surface area contributed by atoms with E-state index in [0.717, 1.165) is 30.4 Å². The van der Waals surface area contributed by atoms with Crippen LogP contribution >= 0.6 is 15.9 Å². The predicted octanol–water partition coefficient (Wildman–Crippen LogP) is 1.96. The summed E-state index contributed by atoms with van der Waals surface area (Å²) in [5.74, 6) is 0. The summed E-state index contributed by atoms with van der Waals surface area (Å²) < 4.78 is 1.10. The minimum atomic E-state index is 0.134. The first-order valence-electron chi connectivity index (χ1n) is 6.71. The maximum Gasteiger partial charge on any atom is 0.320 e. The van der Waals surface area contributed by atoms with Gasteiger partial charge in [-0.1, -0.05) is 28.1 Å². The van der Waals surface area contributed by atoms with Crippen LogP contribution in [0, 0.1) is 0 Å². The largest absolute Gasteiger partial charge is 0.326 e. The summed E-state index contributed by atoms with van der Waals surface area (Å²) in [6.45, 7) is 2.98. The van der Waals surface area contributed by atoms with Gasteiger partial charge in [0.25, 0.3) is 0 Å². The second-order valence-corrected chi connectivity index (χ2v) is 6.18. The van der Waals surface area contributed by atoms with Crippen molar-refractivity contribution in [3.63, 3.8) is 0 Å². The molecule has 0 aliphatic carbocycles. The molecular formula is C14H18BrN3O. The van der Waals surface area contributed by atoms with Crippen molar-refractivity contribution in [1.29, 1.82) is 0 Å². The van der Waals surface area contributed by atoms with Crippen LogP contribution in [0.4, 0.5) is 4.79 Å². The fourth-order valence-electron chi connectivity index (χ4n) is 2.86. The maximum atomic E-state index is 12.4. The van der Waals surface area contributed by atoms with Crippen LogP contribution in [0.15, 0.2) is 22.7 Å². The van der Waals surface area contributed by atoms with E-state index >= 15 is 0 Å². The third kappa shape index (κ3) is 2.49. The number of amides is 2. The number of urea groups is 1. The third-order valence-corrected chi connectivity index (χ3v) is 4.72. The minimum Gasteiger partial charge on any atom is -0.326 e. The number of benzene rings is 1. The maximum absolute atomic E-state index is 12.4. The first-order valence-corrected chi connectivity index (χ1v) is 7.50. The van der Waals surface area contributed by atoms with Gasteiger partial charge in [0, 0.05) is 36.7 Å². The van der Waals surface area contributed by atoms with Crippen LogP contribution in [0.1, 0.15) is 17.5 Å². The summed E-state index contributed by atoms with van der Waals surface area (Å²) in [4.78, 5) is 16.3. The Balaban J connectivity index is 1.75. The van der Waals surface area contributed by atoms with Crippen molar-refractivity contribution in [3.8, 4) is 0 Å². The molecule has 1 atom stereocenters. The van der Waals surface area contributed by atoms with Crippen LogP contribution in [0.5, 0.6) is 0 Å². The second-order valence-electron chi connectivity index (χ2n) is 5.33. The lowest BCUT2D eigenvalue weighted by Gasteiger charge is -2.32. The van der Waals surface area contributed by atoms with E-state index in [9.17, 15) is 4.79 Å².